The summed E-state index contributed by atoms with van der Waals surface area (Å²) in [5.74, 6) is -0.00408. The van der Waals surface area contributed by atoms with Crippen molar-refractivity contribution in [2.75, 3.05) is 6.54 Å². The van der Waals surface area contributed by atoms with Crippen LogP contribution >= 0.6 is 23.6 Å². The molecule has 3 aromatic rings. The number of carbonyl (C=O) groups is 1. The molecule has 1 unspecified atom stereocenters. The van der Waals surface area contributed by atoms with Crippen molar-refractivity contribution in [1.29, 1.82) is 0 Å². The summed E-state index contributed by atoms with van der Waals surface area (Å²) in [6.07, 6.45) is 1.78. The summed E-state index contributed by atoms with van der Waals surface area (Å²) >= 11 is 6.96. The number of nitrogens with zero attached hydrogens (tertiary/aromatic N) is 2. The van der Waals surface area contributed by atoms with E-state index >= 15 is 0 Å². The molecule has 0 radical (unpaired) electrons. The average molecular weight is 386 g/mol. The summed E-state index contributed by atoms with van der Waals surface area (Å²) in [6.45, 7) is 2.83. The summed E-state index contributed by atoms with van der Waals surface area (Å²) in [5.41, 5.74) is 2.29. The summed E-state index contributed by atoms with van der Waals surface area (Å²) in [6, 6.07) is 7.42. The van der Waals surface area contributed by atoms with Gasteiger partial charge in [0, 0.05) is 24.0 Å². The molecule has 26 heavy (non-hydrogen) atoms. The van der Waals surface area contributed by atoms with Gasteiger partial charge < -0.3 is 9.88 Å². The first-order valence-corrected chi connectivity index (χ1v) is 9.90. The van der Waals surface area contributed by atoms with Crippen LogP contribution in [-0.2, 0) is 13.5 Å². The monoisotopic (exact) mass is 385 g/mol. The van der Waals surface area contributed by atoms with Gasteiger partial charge in [-0.15, -0.1) is 11.3 Å². The molecule has 2 aromatic heterocycles. The predicted octanol–water partition coefficient (Wildman–Crippen LogP) is 3.81. The van der Waals surface area contributed by atoms with Crippen LogP contribution < -0.4 is 5.56 Å². The maximum Gasteiger partial charge on any atom is 0.261 e. The summed E-state index contributed by atoms with van der Waals surface area (Å²) < 4.78 is 1.74. The van der Waals surface area contributed by atoms with Crippen LogP contribution in [0.5, 0.6) is 0 Å². The van der Waals surface area contributed by atoms with Gasteiger partial charge in [0.1, 0.15) is 0 Å². The zero-order valence-corrected chi connectivity index (χ0v) is 16.2. The fourth-order valence-corrected chi connectivity index (χ4v) is 4.81. The summed E-state index contributed by atoms with van der Waals surface area (Å²) in [4.78, 5) is 31.9. The zero-order valence-electron chi connectivity index (χ0n) is 14.6. The minimum absolute atomic E-state index is 0.00408. The fourth-order valence-electron chi connectivity index (χ4n) is 3.68. The Morgan fingerprint density at radius 2 is 2.19 bits per heavy atom. The number of nitrogens with one attached hydrogen (secondary N) is 1. The number of rotatable bonds is 2. The predicted molar refractivity (Wildman–Crippen MR) is 106 cm³/mol. The third kappa shape index (κ3) is 2.62. The molecular weight excluding hydrogens is 366 g/mol. The Bertz CT molecular complexity index is 1130. The van der Waals surface area contributed by atoms with Crippen LogP contribution in [0.15, 0.2) is 34.4 Å². The van der Waals surface area contributed by atoms with Gasteiger partial charge >= 0.3 is 0 Å². The Hall–Kier alpha value is -2.25. The van der Waals surface area contributed by atoms with Gasteiger partial charge in [-0.2, -0.15) is 0 Å². The van der Waals surface area contributed by atoms with E-state index in [9.17, 15) is 9.59 Å². The van der Waals surface area contributed by atoms with Crippen LogP contribution in [0.3, 0.4) is 0 Å². The van der Waals surface area contributed by atoms with Crippen LogP contribution in [0, 0.1) is 4.77 Å². The highest BCUT2D eigenvalue weighted by Crippen LogP contribution is 2.36. The third-order valence-corrected chi connectivity index (χ3v) is 6.46. The third-order valence-electron chi connectivity index (χ3n) is 5.09. The number of hydrogen-bond donors (Lipinski definition) is 1. The van der Waals surface area contributed by atoms with Gasteiger partial charge in [-0.1, -0.05) is 6.92 Å². The lowest BCUT2D eigenvalue weighted by atomic mass is 9.96. The Morgan fingerprint density at radius 1 is 1.38 bits per heavy atom. The molecule has 0 aliphatic carbocycles. The van der Waals surface area contributed by atoms with E-state index in [0.29, 0.717) is 21.2 Å². The second-order valence-electron chi connectivity index (χ2n) is 6.53. The first kappa shape index (κ1) is 17.2. The van der Waals surface area contributed by atoms with Crippen LogP contribution in [0.1, 0.15) is 40.2 Å². The van der Waals surface area contributed by atoms with Gasteiger partial charge in [0.15, 0.2) is 4.77 Å². The zero-order chi connectivity index (χ0) is 18.4. The van der Waals surface area contributed by atoms with E-state index in [1.54, 1.807) is 36.6 Å². The molecule has 0 fully saturated rings. The van der Waals surface area contributed by atoms with Gasteiger partial charge in [0.05, 0.1) is 16.9 Å². The number of benzene rings is 1. The van der Waals surface area contributed by atoms with Crippen molar-refractivity contribution >= 4 is 40.4 Å². The van der Waals surface area contributed by atoms with E-state index in [1.165, 1.54) is 15.0 Å². The molecule has 5 nitrogen and oxygen atoms in total. The van der Waals surface area contributed by atoms with Gasteiger partial charge in [-0.3, -0.25) is 14.2 Å². The topological polar surface area (TPSA) is 58.1 Å². The molecule has 0 spiro atoms. The normalized spacial score (nSPS) is 16.7. The molecule has 1 aromatic carbocycles. The molecule has 1 N–H and O–H groups in total. The number of aromatic amines is 1. The lowest BCUT2D eigenvalue weighted by Crippen LogP contribution is -2.39. The molecule has 7 heteroatoms. The average Bonchev–Trinajstić information content (AvgIpc) is 3.13. The first-order valence-electron chi connectivity index (χ1n) is 8.61. The molecular formula is C19H19N3O2S2. The van der Waals surface area contributed by atoms with Crippen molar-refractivity contribution in [2.45, 2.75) is 25.8 Å². The van der Waals surface area contributed by atoms with Crippen molar-refractivity contribution in [1.82, 2.24) is 14.5 Å². The molecule has 0 bridgehead atoms. The molecule has 0 saturated carbocycles. The standard InChI is InChI=1S/C19H19N3O2S2/c1-3-15-13-7-9-26-16(13)6-8-22(15)17(23)11-4-5-12-14(10-11)20-19(25)21(2)18(12)24/h4-5,7,9-10,15H,3,6,8H2,1-2H3,(H,20,25). The van der Waals surface area contributed by atoms with E-state index in [-0.39, 0.29) is 17.5 Å². The molecule has 134 valence electrons. The summed E-state index contributed by atoms with van der Waals surface area (Å²) in [5, 5.41) is 2.64. The number of H-pyrrole nitrogens is 1. The van der Waals surface area contributed by atoms with Crippen molar-refractivity contribution in [2.24, 2.45) is 7.05 Å². The largest absolute Gasteiger partial charge is 0.332 e. The van der Waals surface area contributed by atoms with E-state index in [2.05, 4.69) is 23.4 Å². The lowest BCUT2D eigenvalue weighted by molar-refractivity contribution is 0.0657. The van der Waals surface area contributed by atoms with E-state index < -0.39 is 0 Å². The summed E-state index contributed by atoms with van der Waals surface area (Å²) in [7, 11) is 1.64. The number of aromatic nitrogens is 2. The Balaban J connectivity index is 1.76. The smallest absolute Gasteiger partial charge is 0.261 e. The Kier molecular flexibility index (Phi) is 4.28. The highest BCUT2D eigenvalue weighted by Gasteiger charge is 2.31. The number of fused-ring (bicyclic) bond motifs is 2. The Morgan fingerprint density at radius 3 is 2.96 bits per heavy atom. The Labute approximate surface area is 159 Å². The molecule has 3 heterocycles. The minimum atomic E-state index is -0.157. The second kappa shape index (κ2) is 6.48. The maximum absolute atomic E-state index is 13.2. The number of thiophene rings is 1. The highest BCUT2D eigenvalue weighted by molar-refractivity contribution is 7.71. The molecule has 1 aliphatic rings. The maximum atomic E-state index is 13.2. The van der Waals surface area contributed by atoms with E-state index in [1.807, 2.05) is 4.90 Å². The quantitative estimate of drug-likeness (QED) is 0.683. The van der Waals surface area contributed by atoms with E-state index in [0.717, 1.165) is 19.4 Å². The number of hydrogen-bond acceptors (Lipinski definition) is 4. The van der Waals surface area contributed by atoms with Crippen molar-refractivity contribution < 1.29 is 4.79 Å². The van der Waals surface area contributed by atoms with Crippen LogP contribution in [0.25, 0.3) is 10.9 Å². The van der Waals surface area contributed by atoms with Crippen molar-refractivity contribution in [3.05, 3.63) is 60.8 Å². The number of amides is 1. The van der Waals surface area contributed by atoms with Crippen LogP contribution in [0.4, 0.5) is 0 Å². The second-order valence-corrected chi connectivity index (χ2v) is 7.91. The van der Waals surface area contributed by atoms with Gasteiger partial charge in [0.2, 0.25) is 0 Å². The van der Waals surface area contributed by atoms with Gasteiger partial charge in [-0.25, -0.2) is 0 Å². The van der Waals surface area contributed by atoms with Crippen molar-refractivity contribution in [3.63, 3.8) is 0 Å². The van der Waals surface area contributed by atoms with Crippen LogP contribution in [0.2, 0.25) is 0 Å². The fraction of sp³-hybridized carbons (Fsp3) is 0.316. The number of carbonyl (C=O) groups excluding carboxylic acids is 1. The molecule has 0 saturated heterocycles. The molecule has 1 amide bonds. The highest BCUT2D eigenvalue weighted by atomic mass is 32.1. The van der Waals surface area contributed by atoms with E-state index in [4.69, 9.17) is 12.2 Å². The molecule has 4 rings (SSSR count). The minimum Gasteiger partial charge on any atom is -0.332 e. The first-order chi connectivity index (χ1) is 12.5. The lowest BCUT2D eigenvalue weighted by Gasteiger charge is -2.35. The van der Waals surface area contributed by atoms with Gasteiger partial charge in [0.25, 0.3) is 11.5 Å². The van der Waals surface area contributed by atoms with Gasteiger partial charge in [-0.05, 0) is 60.3 Å². The molecule has 1 atom stereocenters. The molecule has 1 aliphatic heterocycles. The van der Waals surface area contributed by atoms with Crippen molar-refractivity contribution in [3.8, 4) is 0 Å². The van der Waals surface area contributed by atoms with Crippen LogP contribution in [-0.4, -0.2) is 26.9 Å². The SMILES string of the molecule is CCC1c2ccsc2CCN1C(=O)c1ccc2c(=O)n(C)c(=S)[nH]c2c1.